The minimum atomic E-state index is -4.58. The van der Waals surface area contributed by atoms with E-state index in [1.807, 2.05) is 13.8 Å². The van der Waals surface area contributed by atoms with Crippen LogP contribution in [0.3, 0.4) is 0 Å². The highest BCUT2D eigenvalue weighted by atomic mass is 19.4. The number of unbranched alkanes of at least 4 members (excludes halogenated alkanes) is 1. The number of benzene rings is 1. The molecule has 1 aliphatic heterocycles. The highest BCUT2D eigenvalue weighted by Crippen LogP contribution is 2.36. The molecule has 166 valence electrons. The molecule has 2 atom stereocenters. The van der Waals surface area contributed by atoms with E-state index in [0.717, 1.165) is 25.0 Å². The van der Waals surface area contributed by atoms with Crippen molar-refractivity contribution < 1.29 is 37.3 Å². The molecular weight excluding hydrogens is 401 g/mol. The van der Waals surface area contributed by atoms with Crippen LogP contribution in [-0.4, -0.2) is 35.9 Å². The molecule has 2 rings (SSSR count). The third-order valence-corrected chi connectivity index (χ3v) is 5.18. The van der Waals surface area contributed by atoms with Crippen LogP contribution in [0.5, 0.6) is 0 Å². The van der Waals surface area contributed by atoms with E-state index in [1.165, 1.54) is 18.2 Å². The number of carbonyl (C=O) groups excluding carboxylic acids is 2. The number of cyclic esters (lactones) is 1. The van der Waals surface area contributed by atoms with E-state index in [2.05, 4.69) is 0 Å². The fraction of sp³-hybridized carbons (Fsp3) is 0.545. The number of alkyl halides is 3. The van der Waals surface area contributed by atoms with Gasteiger partial charge in [-0.15, -0.1) is 0 Å². The topological polar surface area (TPSA) is 72.8 Å². The molecule has 0 saturated carbocycles. The normalized spacial score (nSPS) is 21.5. The molecule has 1 aromatic rings. The van der Waals surface area contributed by atoms with Crippen molar-refractivity contribution >= 4 is 18.0 Å². The molecule has 0 radical (unpaired) electrons. The predicted molar refractivity (Wildman–Crippen MR) is 104 cm³/mol. The molecular formula is C22H27F3O5. The average molecular weight is 428 g/mol. The summed E-state index contributed by atoms with van der Waals surface area (Å²) in [6, 6.07) is 4.87. The Hall–Kier alpha value is -2.35. The maximum Gasteiger partial charge on any atom is 0.416 e. The lowest BCUT2D eigenvalue weighted by Gasteiger charge is -2.25. The molecule has 0 spiro atoms. The van der Waals surface area contributed by atoms with E-state index in [4.69, 9.17) is 9.47 Å². The summed E-state index contributed by atoms with van der Waals surface area (Å²) in [5.41, 5.74) is -2.56. The summed E-state index contributed by atoms with van der Waals surface area (Å²) in [5, 5.41) is 9.78. The molecule has 1 aromatic carbocycles. The lowest BCUT2D eigenvalue weighted by Crippen LogP contribution is -2.40. The molecule has 1 fully saturated rings. The zero-order valence-corrected chi connectivity index (χ0v) is 17.1. The van der Waals surface area contributed by atoms with E-state index in [1.54, 1.807) is 0 Å². The molecule has 1 N–H and O–H groups in total. The third-order valence-electron chi connectivity index (χ3n) is 5.18. The van der Waals surface area contributed by atoms with Gasteiger partial charge >= 0.3 is 18.1 Å². The van der Waals surface area contributed by atoms with Crippen molar-refractivity contribution in [2.45, 2.75) is 57.7 Å². The van der Waals surface area contributed by atoms with Crippen LogP contribution < -0.4 is 0 Å². The highest BCUT2D eigenvalue weighted by molar-refractivity contribution is 5.96. The summed E-state index contributed by atoms with van der Waals surface area (Å²) in [5.74, 6) is -1.56. The van der Waals surface area contributed by atoms with E-state index in [0.29, 0.717) is 12.8 Å². The van der Waals surface area contributed by atoms with Crippen LogP contribution in [0.25, 0.3) is 6.08 Å². The van der Waals surface area contributed by atoms with Gasteiger partial charge in [-0.1, -0.05) is 44.9 Å². The van der Waals surface area contributed by atoms with Crippen LogP contribution in [-0.2, 0) is 25.2 Å². The number of carbonyl (C=O) groups is 2. The van der Waals surface area contributed by atoms with Gasteiger partial charge in [0.15, 0.2) is 5.60 Å². The summed E-state index contributed by atoms with van der Waals surface area (Å²) >= 11 is 0. The standard InChI is InChI=1S/C22H27F3O5/c1-3-5-8-15(4-2)19(27)29-14-21(13-26)12-17(20(28)30-21)11-16-9-6-7-10-18(16)22(23,24)25/h6-7,9-11,15,26H,3-5,8,12-14H2,1-2H3/b17-11-. The number of halogens is 3. The van der Waals surface area contributed by atoms with Gasteiger partial charge in [0.2, 0.25) is 0 Å². The molecule has 30 heavy (non-hydrogen) atoms. The van der Waals surface area contributed by atoms with Gasteiger partial charge in [-0.25, -0.2) is 4.79 Å². The van der Waals surface area contributed by atoms with E-state index in [-0.39, 0.29) is 30.1 Å². The summed E-state index contributed by atoms with van der Waals surface area (Å²) in [4.78, 5) is 24.6. The van der Waals surface area contributed by atoms with Gasteiger partial charge in [0, 0.05) is 12.0 Å². The summed E-state index contributed by atoms with van der Waals surface area (Å²) in [7, 11) is 0. The number of aliphatic hydroxyl groups excluding tert-OH is 1. The minimum absolute atomic E-state index is 0.0187. The zero-order chi connectivity index (χ0) is 22.4. The summed E-state index contributed by atoms with van der Waals surface area (Å²) in [6.45, 7) is 2.92. The van der Waals surface area contributed by atoms with Crippen molar-refractivity contribution in [3.05, 3.63) is 41.0 Å². The second-order valence-corrected chi connectivity index (χ2v) is 7.52. The first-order chi connectivity index (χ1) is 14.2. The Bertz CT molecular complexity index is 787. The molecule has 0 amide bonds. The Morgan fingerprint density at radius 1 is 1.33 bits per heavy atom. The van der Waals surface area contributed by atoms with Gasteiger partial charge < -0.3 is 14.6 Å². The number of hydrogen-bond acceptors (Lipinski definition) is 5. The Morgan fingerprint density at radius 3 is 2.63 bits per heavy atom. The van der Waals surface area contributed by atoms with Crippen LogP contribution >= 0.6 is 0 Å². The lowest BCUT2D eigenvalue weighted by atomic mass is 9.96. The smallest absolute Gasteiger partial charge is 0.416 e. The lowest BCUT2D eigenvalue weighted by molar-refractivity contribution is -0.169. The third kappa shape index (κ3) is 5.84. The van der Waals surface area contributed by atoms with Crippen LogP contribution in [0, 0.1) is 5.92 Å². The summed E-state index contributed by atoms with van der Waals surface area (Å²) < 4.78 is 50.2. The van der Waals surface area contributed by atoms with Gasteiger partial charge in [-0.2, -0.15) is 13.2 Å². The van der Waals surface area contributed by atoms with Gasteiger partial charge in [-0.05, 0) is 30.5 Å². The quantitative estimate of drug-likeness (QED) is 0.462. The Balaban J connectivity index is 2.16. The predicted octanol–water partition coefficient (Wildman–Crippen LogP) is 4.53. The second-order valence-electron chi connectivity index (χ2n) is 7.52. The maximum absolute atomic E-state index is 13.2. The van der Waals surface area contributed by atoms with E-state index >= 15 is 0 Å². The van der Waals surface area contributed by atoms with Gasteiger partial charge in [0.1, 0.15) is 6.61 Å². The van der Waals surface area contributed by atoms with Crippen molar-refractivity contribution in [1.82, 2.24) is 0 Å². The number of aliphatic hydroxyl groups is 1. The van der Waals surface area contributed by atoms with Crippen molar-refractivity contribution in [3.63, 3.8) is 0 Å². The fourth-order valence-electron chi connectivity index (χ4n) is 3.37. The number of esters is 2. The van der Waals surface area contributed by atoms with Crippen molar-refractivity contribution in [1.29, 1.82) is 0 Å². The number of rotatable bonds is 9. The Labute approximate surface area is 173 Å². The van der Waals surface area contributed by atoms with Crippen LogP contribution in [0.1, 0.15) is 57.1 Å². The van der Waals surface area contributed by atoms with Crippen LogP contribution in [0.4, 0.5) is 13.2 Å². The fourth-order valence-corrected chi connectivity index (χ4v) is 3.37. The van der Waals surface area contributed by atoms with Crippen molar-refractivity contribution in [3.8, 4) is 0 Å². The molecule has 1 aliphatic rings. The molecule has 1 saturated heterocycles. The van der Waals surface area contributed by atoms with Gasteiger partial charge in [-0.3, -0.25) is 4.79 Å². The van der Waals surface area contributed by atoms with Crippen LogP contribution in [0.15, 0.2) is 29.8 Å². The average Bonchev–Trinajstić information content (AvgIpc) is 3.02. The van der Waals surface area contributed by atoms with Gasteiger partial charge in [0.05, 0.1) is 18.1 Å². The monoisotopic (exact) mass is 428 g/mol. The zero-order valence-electron chi connectivity index (χ0n) is 17.1. The van der Waals surface area contributed by atoms with Crippen molar-refractivity contribution in [2.24, 2.45) is 5.92 Å². The number of hydrogen-bond donors (Lipinski definition) is 1. The Kier molecular flexibility index (Phi) is 8.06. The van der Waals surface area contributed by atoms with E-state index < -0.39 is 35.9 Å². The molecule has 0 aliphatic carbocycles. The maximum atomic E-state index is 13.2. The molecule has 5 nitrogen and oxygen atoms in total. The SMILES string of the molecule is CCCCC(CC)C(=O)OCC1(CO)C/C(=C/c2ccccc2C(F)(F)F)C(=O)O1. The minimum Gasteiger partial charge on any atom is -0.461 e. The first-order valence-corrected chi connectivity index (χ1v) is 10.0. The van der Waals surface area contributed by atoms with Crippen LogP contribution in [0.2, 0.25) is 0 Å². The molecule has 1 heterocycles. The van der Waals surface area contributed by atoms with Gasteiger partial charge in [0.25, 0.3) is 0 Å². The molecule has 0 bridgehead atoms. The number of ether oxygens (including phenoxy) is 2. The summed E-state index contributed by atoms with van der Waals surface area (Å²) in [6.07, 6.45) is -0.530. The first kappa shape index (κ1) is 23.9. The molecule has 8 heteroatoms. The highest BCUT2D eigenvalue weighted by Gasteiger charge is 2.45. The second kappa shape index (κ2) is 10.1. The first-order valence-electron chi connectivity index (χ1n) is 10.0. The largest absolute Gasteiger partial charge is 0.461 e. The van der Waals surface area contributed by atoms with E-state index in [9.17, 15) is 27.9 Å². The molecule has 2 unspecified atom stereocenters. The van der Waals surface area contributed by atoms with Crippen molar-refractivity contribution in [2.75, 3.05) is 13.2 Å². The molecule has 0 aromatic heterocycles. The Morgan fingerprint density at radius 2 is 2.03 bits per heavy atom.